The maximum atomic E-state index is 12.7. The van der Waals surface area contributed by atoms with E-state index in [0.29, 0.717) is 12.5 Å². The van der Waals surface area contributed by atoms with Crippen LogP contribution in [0.4, 0.5) is 13.2 Å². The molecule has 1 heterocycles. The van der Waals surface area contributed by atoms with E-state index >= 15 is 0 Å². The van der Waals surface area contributed by atoms with E-state index in [-0.39, 0.29) is 5.56 Å². The van der Waals surface area contributed by atoms with Crippen molar-refractivity contribution in [1.82, 2.24) is 10.6 Å². The maximum absolute atomic E-state index is 12.7. The van der Waals surface area contributed by atoms with Gasteiger partial charge in [0.15, 0.2) is 5.96 Å². The molecule has 1 aliphatic heterocycles. The van der Waals surface area contributed by atoms with Crippen LogP contribution in [0.3, 0.4) is 0 Å². The Bertz CT molecular complexity index is 540. The molecule has 0 aliphatic carbocycles. The lowest BCUT2D eigenvalue weighted by atomic mass is 10.0. The molecule has 2 rings (SSSR count). The molecule has 4 nitrogen and oxygen atoms in total. The van der Waals surface area contributed by atoms with Gasteiger partial charge in [-0.05, 0) is 24.1 Å². The zero-order valence-electron chi connectivity index (χ0n) is 10.8. The van der Waals surface area contributed by atoms with Crippen molar-refractivity contribution in [1.29, 1.82) is 0 Å². The van der Waals surface area contributed by atoms with Crippen molar-refractivity contribution in [2.24, 2.45) is 4.99 Å². The van der Waals surface area contributed by atoms with Gasteiger partial charge in [-0.15, -0.1) is 0 Å². The summed E-state index contributed by atoms with van der Waals surface area (Å²) in [6.45, 7) is 2.48. The molecule has 0 aromatic heterocycles. The Balaban J connectivity index is 2.22. The van der Waals surface area contributed by atoms with Crippen molar-refractivity contribution in [2.75, 3.05) is 6.54 Å². The largest absolute Gasteiger partial charge is 0.416 e. The first-order valence-corrected chi connectivity index (χ1v) is 6.21. The van der Waals surface area contributed by atoms with Gasteiger partial charge in [0.2, 0.25) is 0 Å². The summed E-state index contributed by atoms with van der Waals surface area (Å²) in [5.74, 6) is -0.0987. The highest BCUT2D eigenvalue weighted by atomic mass is 19.4. The monoisotopic (exact) mass is 285 g/mol. The van der Waals surface area contributed by atoms with E-state index in [9.17, 15) is 18.0 Å². The number of halogens is 3. The summed E-state index contributed by atoms with van der Waals surface area (Å²) in [7, 11) is 0. The highest BCUT2D eigenvalue weighted by molar-refractivity contribution is 6.06. The van der Waals surface area contributed by atoms with Crippen molar-refractivity contribution >= 4 is 11.9 Å². The second-order valence-corrected chi connectivity index (χ2v) is 4.42. The van der Waals surface area contributed by atoms with Crippen molar-refractivity contribution < 1.29 is 18.0 Å². The molecule has 1 aliphatic rings. The lowest BCUT2D eigenvalue weighted by Gasteiger charge is -2.12. The van der Waals surface area contributed by atoms with Gasteiger partial charge in [0.1, 0.15) is 6.04 Å². The van der Waals surface area contributed by atoms with Gasteiger partial charge in [0, 0.05) is 6.54 Å². The molecule has 0 spiro atoms. The van der Waals surface area contributed by atoms with Crippen LogP contribution in [0.25, 0.3) is 0 Å². The molecule has 7 heteroatoms. The molecule has 1 atom stereocenters. The number of carbonyl (C=O) groups excluding carboxylic acids is 1. The van der Waals surface area contributed by atoms with Gasteiger partial charge in [-0.2, -0.15) is 13.2 Å². The summed E-state index contributed by atoms with van der Waals surface area (Å²) < 4.78 is 38.0. The van der Waals surface area contributed by atoms with Crippen LogP contribution >= 0.6 is 0 Å². The van der Waals surface area contributed by atoms with Crippen molar-refractivity contribution in [3.8, 4) is 0 Å². The Morgan fingerprint density at radius 2 is 2.10 bits per heavy atom. The molecular formula is C13H14F3N3O. The number of hydrogen-bond donors (Lipinski definition) is 2. The van der Waals surface area contributed by atoms with Crippen LogP contribution in [0.2, 0.25) is 0 Å². The van der Waals surface area contributed by atoms with E-state index in [4.69, 9.17) is 0 Å². The number of guanidine groups is 1. The molecule has 0 radical (unpaired) electrons. The molecule has 20 heavy (non-hydrogen) atoms. The molecule has 0 saturated carbocycles. The molecule has 2 N–H and O–H groups in total. The van der Waals surface area contributed by atoms with E-state index in [2.05, 4.69) is 15.6 Å². The Morgan fingerprint density at radius 3 is 2.75 bits per heavy atom. The number of aliphatic imine (C=N–C) groups is 1. The van der Waals surface area contributed by atoms with Crippen LogP contribution in [0, 0.1) is 0 Å². The van der Waals surface area contributed by atoms with E-state index in [1.807, 2.05) is 6.92 Å². The minimum absolute atomic E-state index is 0.263. The Morgan fingerprint density at radius 1 is 1.35 bits per heavy atom. The highest BCUT2D eigenvalue weighted by Crippen LogP contribution is 2.31. The van der Waals surface area contributed by atoms with Crippen molar-refractivity contribution in [3.63, 3.8) is 0 Å². The van der Waals surface area contributed by atoms with Crippen LogP contribution in [0.15, 0.2) is 29.3 Å². The van der Waals surface area contributed by atoms with Crippen molar-refractivity contribution in [3.05, 3.63) is 35.4 Å². The smallest absolute Gasteiger partial charge is 0.340 e. The number of carbonyl (C=O) groups is 1. The fourth-order valence-electron chi connectivity index (χ4n) is 1.87. The third-order valence-corrected chi connectivity index (χ3v) is 2.83. The standard InChI is InChI=1S/C13H14F3N3O/c1-2-6-17-12-18-10(11(20)19-12)8-4-3-5-9(7-8)13(14,15)16/h3-5,7,10H,2,6H2,1H3,(H2,17,18,19,20). The average molecular weight is 285 g/mol. The molecule has 0 bridgehead atoms. The summed E-state index contributed by atoms with van der Waals surface area (Å²) in [5.41, 5.74) is -0.512. The Hall–Kier alpha value is -2.05. The molecule has 1 saturated heterocycles. The van der Waals surface area contributed by atoms with Crippen LogP contribution in [-0.4, -0.2) is 18.4 Å². The second-order valence-electron chi connectivity index (χ2n) is 4.42. The van der Waals surface area contributed by atoms with Crippen LogP contribution < -0.4 is 10.6 Å². The van der Waals surface area contributed by atoms with Gasteiger partial charge >= 0.3 is 6.18 Å². The first-order valence-electron chi connectivity index (χ1n) is 6.21. The Labute approximate surface area is 114 Å². The van der Waals surface area contributed by atoms with Gasteiger partial charge < -0.3 is 5.32 Å². The fourth-order valence-corrected chi connectivity index (χ4v) is 1.87. The van der Waals surface area contributed by atoms with E-state index in [1.165, 1.54) is 12.1 Å². The Kier molecular flexibility index (Phi) is 3.96. The normalized spacial score (nSPS) is 20.9. The lowest BCUT2D eigenvalue weighted by molar-refractivity contribution is -0.137. The molecule has 108 valence electrons. The number of nitrogens with zero attached hydrogens (tertiary/aromatic N) is 1. The maximum Gasteiger partial charge on any atom is 0.416 e. The number of benzene rings is 1. The minimum Gasteiger partial charge on any atom is -0.340 e. The van der Waals surface area contributed by atoms with Gasteiger partial charge in [0.05, 0.1) is 5.56 Å². The first-order chi connectivity index (χ1) is 9.41. The number of nitrogens with one attached hydrogen (secondary N) is 2. The van der Waals surface area contributed by atoms with E-state index in [1.54, 1.807) is 0 Å². The lowest BCUT2D eigenvalue weighted by Crippen LogP contribution is -2.25. The topological polar surface area (TPSA) is 53.5 Å². The third-order valence-electron chi connectivity index (χ3n) is 2.83. The summed E-state index contributed by atoms with van der Waals surface area (Å²) in [5, 5.41) is 5.31. The second kappa shape index (κ2) is 5.52. The average Bonchev–Trinajstić information content (AvgIpc) is 2.77. The van der Waals surface area contributed by atoms with E-state index < -0.39 is 23.7 Å². The molecular weight excluding hydrogens is 271 g/mol. The summed E-state index contributed by atoms with van der Waals surface area (Å²) >= 11 is 0. The molecule has 1 unspecified atom stereocenters. The summed E-state index contributed by atoms with van der Waals surface area (Å²) in [6, 6.07) is 3.87. The van der Waals surface area contributed by atoms with Crippen molar-refractivity contribution in [2.45, 2.75) is 25.6 Å². The molecule has 1 aromatic rings. The zero-order valence-corrected chi connectivity index (χ0v) is 10.8. The SMILES string of the molecule is CCCN=C1NC(=O)C(c2cccc(C(F)(F)F)c2)N1. The first kappa shape index (κ1) is 14.4. The molecule has 1 aromatic carbocycles. The van der Waals surface area contributed by atoms with Crippen LogP contribution in [0.1, 0.15) is 30.5 Å². The zero-order chi connectivity index (χ0) is 14.8. The molecule has 1 fully saturated rings. The predicted molar refractivity (Wildman–Crippen MR) is 68.1 cm³/mol. The highest BCUT2D eigenvalue weighted by Gasteiger charge is 2.34. The summed E-state index contributed by atoms with van der Waals surface area (Å²) in [6.07, 6.45) is -3.61. The number of alkyl halides is 3. The van der Waals surface area contributed by atoms with Crippen LogP contribution in [-0.2, 0) is 11.0 Å². The number of rotatable bonds is 3. The van der Waals surface area contributed by atoms with Crippen LogP contribution in [0.5, 0.6) is 0 Å². The van der Waals surface area contributed by atoms with E-state index in [0.717, 1.165) is 18.6 Å². The number of hydrogen-bond acceptors (Lipinski definition) is 2. The number of amides is 1. The molecule has 1 amide bonds. The predicted octanol–water partition coefficient (Wildman–Crippen LogP) is 2.23. The quantitative estimate of drug-likeness (QED) is 0.895. The van der Waals surface area contributed by atoms with Gasteiger partial charge in [0.25, 0.3) is 5.91 Å². The third kappa shape index (κ3) is 3.09. The van der Waals surface area contributed by atoms with Gasteiger partial charge in [-0.1, -0.05) is 19.1 Å². The fraction of sp³-hybridized carbons (Fsp3) is 0.385. The summed E-state index contributed by atoms with van der Waals surface area (Å²) in [4.78, 5) is 15.9. The minimum atomic E-state index is -4.43. The van der Waals surface area contributed by atoms with Gasteiger partial charge in [-0.25, -0.2) is 0 Å². The van der Waals surface area contributed by atoms with Gasteiger partial charge in [-0.3, -0.25) is 15.1 Å².